The Labute approximate surface area is 168 Å². The van der Waals surface area contributed by atoms with Crippen LogP contribution in [0.2, 0.25) is 0 Å². The predicted molar refractivity (Wildman–Crippen MR) is 106 cm³/mol. The SMILES string of the molecule is COC(=O)c1c(C)[nH]c(C(=O)CN2C(=O)C(C)N(c3ccc(C)cc3)C2=O)c1C. The number of ether oxygens (including phenoxy) is 1. The second kappa shape index (κ2) is 7.54. The van der Waals surface area contributed by atoms with Gasteiger partial charge in [-0.1, -0.05) is 17.7 Å². The van der Waals surface area contributed by atoms with Crippen molar-refractivity contribution in [2.24, 2.45) is 0 Å². The summed E-state index contributed by atoms with van der Waals surface area (Å²) in [5.74, 6) is -1.46. The van der Waals surface area contributed by atoms with Gasteiger partial charge >= 0.3 is 12.0 Å². The first-order valence-electron chi connectivity index (χ1n) is 9.19. The number of esters is 1. The van der Waals surface area contributed by atoms with Gasteiger partial charge in [-0.05, 0) is 45.4 Å². The van der Waals surface area contributed by atoms with Crippen molar-refractivity contribution in [3.05, 3.63) is 52.3 Å². The van der Waals surface area contributed by atoms with E-state index in [2.05, 4.69) is 4.98 Å². The lowest BCUT2D eigenvalue weighted by atomic mass is 10.1. The van der Waals surface area contributed by atoms with Crippen LogP contribution in [0.1, 0.15) is 44.6 Å². The Morgan fingerprint density at radius 3 is 2.31 bits per heavy atom. The van der Waals surface area contributed by atoms with Gasteiger partial charge in [0.1, 0.15) is 6.04 Å². The molecule has 1 aliphatic heterocycles. The third-order valence-corrected chi connectivity index (χ3v) is 5.17. The largest absolute Gasteiger partial charge is 0.465 e. The molecule has 152 valence electrons. The molecule has 8 heteroatoms. The summed E-state index contributed by atoms with van der Waals surface area (Å²) < 4.78 is 4.75. The number of aryl methyl sites for hydroxylation is 2. The summed E-state index contributed by atoms with van der Waals surface area (Å²) >= 11 is 0. The van der Waals surface area contributed by atoms with Crippen LogP contribution in [0.15, 0.2) is 24.3 Å². The number of methoxy groups -OCH3 is 1. The minimum atomic E-state index is -0.713. The highest BCUT2D eigenvalue weighted by Crippen LogP contribution is 2.27. The first-order valence-corrected chi connectivity index (χ1v) is 9.19. The maximum absolute atomic E-state index is 12.9. The molecule has 1 aliphatic rings. The zero-order chi connectivity index (χ0) is 21.5. The molecule has 1 aromatic heterocycles. The van der Waals surface area contributed by atoms with E-state index in [1.807, 2.05) is 19.1 Å². The molecular formula is C21H23N3O5. The van der Waals surface area contributed by atoms with E-state index in [1.165, 1.54) is 12.0 Å². The molecule has 1 aromatic carbocycles. The topological polar surface area (TPSA) is 99.8 Å². The van der Waals surface area contributed by atoms with Crippen molar-refractivity contribution in [1.29, 1.82) is 0 Å². The fourth-order valence-electron chi connectivity index (χ4n) is 3.57. The monoisotopic (exact) mass is 397 g/mol. The molecule has 3 rings (SSSR count). The van der Waals surface area contributed by atoms with Gasteiger partial charge < -0.3 is 9.72 Å². The number of carbonyl (C=O) groups excluding carboxylic acids is 4. The number of rotatable bonds is 5. The lowest BCUT2D eigenvalue weighted by Gasteiger charge is -2.19. The number of Topliss-reactive ketones (excluding diaryl/α,β-unsaturated/α-hetero) is 1. The number of aromatic amines is 1. The van der Waals surface area contributed by atoms with Gasteiger partial charge in [-0.3, -0.25) is 19.4 Å². The zero-order valence-corrected chi connectivity index (χ0v) is 17.0. The molecule has 2 aromatic rings. The van der Waals surface area contributed by atoms with Crippen LogP contribution < -0.4 is 4.90 Å². The molecule has 0 bridgehead atoms. The van der Waals surface area contributed by atoms with Gasteiger partial charge in [0.05, 0.1) is 24.9 Å². The van der Waals surface area contributed by atoms with E-state index in [9.17, 15) is 19.2 Å². The minimum Gasteiger partial charge on any atom is -0.465 e. The summed E-state index contributed by atoms with van der Waals surface area (Å²) in [5, 5.41) is 0. The van der Waals surface area contributed by atoms with Crippen LogP contribution >= 0.6 is 0 Å². The summed E-state index contributed by atoms with van der Waals surface area (Å²) in [4.78, 5) is 55.5. The highest BCUT2D eigenvalue weighted by atomic mass is 16.5. The maximum atomic E-state index is 12.9. The van der Waals surface area contributed by atoms with Crippen molar-refractivity contribution in [2.75, 3.05) is 18.6 Å². The van der Waals surface area contributed by atoms with Gasteiger partial charge in [-0.25, -0.2) is 9.59 Å². The van der Waals surface area contributed by atoms with E-state index in [-0.39, 0.29) is 11.3 Å². The third kappa shape index (κ3) is 3.41. The van der Waals surface area contributed by atoms with Crippen molar-refractivity contribution in [1.82, 2.24) is 9.88 Å². The molecule has 0 saturated carbocycles. The van der Waals surface area contributed by atoms with Gasteiger partial charge in [0.25, 0.3) is 5.91 Å². The second-order valence-corrected chi connectivity index (χ2v) is 7.13. The molecule has 0 spiro atoms. The Morgan fingerprint density at radius 1 is 1.10 bits per heavy atom. The highest BCUT2D eigenvalue weighted by Gasteiger charge is 2.44. The molecule has 1 atom stereocenters. The van der Waals surface area contributed by atoms with Crippen LogP contribution in [0.3, 0.4) is 0 Å². The number of nitrogens with one attached hydrogen (secondary N) is 1. The average molecular weight is 397 g/mol. The smallest absolute Gasteiger partial charge is 0.339 e. The number of benzene rings is 1. The number of anilines is 1. The molecule has 8 nitrogen and oxygen atoms in total. The first-order chi connectivity index (χ1) is 13.7. The van der Waals surface area contributed by atoms with Crippen molar-refractivity contribution in [3.63, 3.8) is 0 Å². The summed E-state index contributed by atoms with van der Waals surface area (Å²) in [6.45, 7) is 6.43. The van der Waals surface area contributed by atoms with Crippen molar-refractivity contribution in [3.8, 4) is 0 Å². The molecular weight excluding hydrogens is 374 g/mol. The molecule has 1 unspecified atom stereocenters. The number of hydrogen-bond acceptors (Lipinski definition) is 5. The number of carbonyl (C=O) groups is 4. The summed E-state index contributed by atoms with van der Waals surface area (Å²) in [7, 11) is 1.26. The highest BCUT2D eigenvalue weighted by molar-refractivity contribution is 6.16. The number of nitrogens with zero attached hydrogens (tertiary/aromatic N) is 2. The summed E-state index contributed by atoms with van der Waals surface area (Å²) in [5.41, 5.74) is 3.02. The molecule has 2 heterocycles. The van der Waals surface area contributed by atoms with Crippen LogP contribution in [0.25, 0.3) is 0 Å². The van der Waals surface area contributed by atoms with E-state index >= 15 is 0 Å². The number of aromatic nitrogens is 1. The average Bonchev–Trinajstić information content (AvgIpc) is 3.10. The van der Waals surface area contributed by atoms with Crippen molar-refractivity contribution < 1.29 is 23.9 Å². The molecule has 1 fully saturated rings. The number of urea groups is 1. The van der Waals surface area contributed by atoms with Crippen LogP contribution in [0.4, 0.5) is 10.5 Å². The predicted octanol–water partition coefficient (Wildman–Crippen LogP) is 2.77. The molecule has 0 radical (unpaired) electrons. The number of hydrogen-bond donors (Lipinski definition) is 1. The van der Waals surface area contributed by atoms with Gasteiger partial charge in [0.15, 0.2) is 5.78 Å². The van der Waals surface area contributed by atoms with E-state index in [0.29, 0.717) is 16.9 Å². The third-order valence-electron chi connectivity index (χ3n) is 5.17. The van der Waals surface area contributed by atoms with Crippen LogP contribution in [0, 0.1) is 20.8 Å². The van der Waals surface area contributed by atoms with Crippen LogP contribution in [-0.4, -0.2) is 53.3 Å². The molecule has 1 saturated heterocycles. The van der Waals surface area contributed by atoms with E-state index < -0.39 is 36.3 Å². The van der Waals surface area contributed by atoms with Gasteiger partial charge in [0, 0.05) is 11.4 Å². The Bertz CT molecular complexity index is 1010. The van der Waals surface area contributed by atoms with Gasteiger partial charge in [0.2, 0.25) is 0 Å². The number of amides is 3. The van der Waals surface area contributed by atoms with E-state index in [1.54, 1.807) is 32.9 Å². The van der Waals surface area contributed by atoms with Crippen molar-refractivity contribution in [2.45, 2.75) is 33.7 Å². The quantitative estimate of drug-likeness (QED) is 0.475. The summed E-state index contributed by atoms with van der Waals surface area (Å²) in [6, 6.07) is 5.98. The lowest BCUT2D eigenvalue weighted by Crippen LogP contribution is -2.37. The van der Waals surface area contributed by atoms with E-state index in [4.69, 9.17) is 4.74 Å². The number of ketones is 1. The van der Waals surface area contributed by atoms with Gasteiger partial charge in [-0.15, -0.1) is 0 Å². The fourth-order valence-corrected chi connectivity index (χ4v) is 3.57. The Kier molecular flexibility index (Phi) is 5.28. The van der Waals surface area contributed by atoms with E-state index in [0.717, 1.165) is 10.5 Å². The molecule has 0 aliphatic carbocycles. The maximum Gasteiger partial charge on any atom is 0.339 e. The van der Waals surface area contributed by atoms with Gasteiger partial charge in [-0.2, -0.15) is 0 Å². The molecule has 1 N–H and O–H groups in total. The fraction of sp³-hybridized carbons (Fsp3) is 0.333. The lowest BCUT2D eigenvalue weighted by molar-refractivity contribution is -0.126. The van der Waals surface area contributed by atoms with Crippen LogP contribution in [0.5, 0.6) is 0 Å². The number of imide groups is 1. The van der Waals surface area contributed by atoms with Crippen molar-refractivity contribution >= 4 is 29.4 Å². The Hall–Kier alpha value is -3.42. The standard InChI is InChI=1S/C21H23N3O5/c1-11-6-8-15(9-7-11)24-14(4)19(26)23(21(24)28)10-16(25)18-12(2)17(13(3)22-18)20(27)29-5/h6-9,14,22H,10H2,1-5H3. The number of H-pyrrole nitrogens is 1. The second-order valence-electron chi connectivity index (χ2n) is 7.13. The summed E-state index contributed by atoms with van der Waals surface area (Å²) in [6.07, 6.45) is 0. The first kappa shape index (κ1) is 20.3. The molecule has 3 amide bonds. The molecule has 29 heavy (non-hydrogen) atoms. The zero-order valence-electron chi connectivity index (χ0n) is 17.0. The Morgan fingerprint density at radius 2 is 1.72 bits per heavy atom. The Balaban J connectivity index is 1.86. The normalized spacial score (nSPS) is 16.5. The van der Waals surface area contributed by atoms with Crippen LogP contribution in [-0.2, 0) is 9.53 Å². The minimum absolute atomic E-state index is 0.185.